The Morgan fingerprint density at radius 1 is 0.676 bits per heavy atom. The number of nitrogens with two attached hydrogens (primary N) is 1. The Morgan fingerprint density at radius 3 is 1.79 bits per heavy atom. The highest BCUT2D eigenvalue weighted by molar-refractivity contribution is 5.12. The zero-order chi connectivity index (χ0) is 51.5. The zero-order valence-electron chi connectivity index (χ0n) is 36.8. The monoisotopic (exact) mass is 1010 g/mol. The first-order chi connectivity index (χ1) is 31.7. The zero-order valence-corrected chi connectivity index (χ0v) is 36.8. The summed E-state index contributed by atoms with van der Waals surface area (Å²) < 4.78 is 54.3. The quantitative estimate of drug-likeness (QED) is 0.0358. The lowest BCUT2D eigenvalue weighted by atomic mass is 9.70. The highest BCUT2D eigenvalue weighted by atomic mass is 19.3. The van der Waals surface area contributed by atoms with E-state index < -0.39 is 235 Å². The standard InChI is InChI=1S/C39H71F2NO26/c1-12-18(34(59)64-7-4-37(40,41)11-42)24(52)16(10-47)39(63,67-12)33(58)28(56)30-15(2-5-43)38(62,68-30)32(57)20-27(55)23(51)14(9-46)29(20)65-36(61)31(25(53)17(48)3-6-44)66-35(60)19-21(49)13(8-45)22(50)26(19)54/h12-36,43-63H,2-11,42H2,1H3/t12-,13?,14?,15-,16?,17-,18?,19?,20?,21?,22-,23-,24?,25?,26?,27?,28?,29?,30?,31?,32+,33+,34-,35-,36-,38?,39?/m1/s1. The summed E-state index contributed by atoms with van der Waals surface area (Å²) in [6.45, 7) is -5.51. The largest absolute Gasteiger partial charge is 0.396 e. The summed E-state index contributed by atoms with van der Waals surface area (Å²) in [4.78, 5) is 0. The molecule has 402 valence electrons. The fraction of sp³-hybridized carbons (Fsp3) is 1.00. The molecule has 0 radical (unpaired) electrons. The van der Waals surface area contributed by atoms with Gasteiger partial charge in [-0.2, -0.15) is 0 Å². The van der Waals surface area contributed by atoms with Gasteiger partial charge in [0.1, 0.15) is 30.5 Å². The van der Waals surface area contributed by atoms with E-state index in [4.69, 9.17) is 29.4 Å². The van der Waals surface area contributed by atoms with Crippen LogP contribution in [0.4, 0.5) is 8.78 Å². The normalized spacial score (nSPS) is 43.0. The van der Waals surface area contributed by atoms with E-state index in [9.17, 15) is 116 Å². The van der Waals surface area contributed by atoms with Crippen LogP contribution >= 0.6 is 0 Å². The van der Waals surface area contributed by atoms with Crippen molar-refractivity contribution < 1.29 is 140 Å². The SMILES string of the molecule is C[C@H]1OC(O)([C@@H](O)C(O)C2OC(O)([C@@H](O)C3C(O[C@@H](O)C(O[C@@H](O)C4C(O)C(CO)[C@@H](O)C4O)C(O)[C@H](O)CCO)C(CO)[C@@H](O)C3O)[C@@H]2CCO)C(CO)C(O)C1[C@H](O)OCCC(F)(F)CN. The van der Waals surface area contributed by atoms with Gasteiger partial charge in [-0.25, -0.2) is 8.78 Å². The summed E-state index contributed by atoms with van der Waals surface area (Å²) in [5.74, 6) is -21.9. The number of alkyl halides is 2. The Morgan fingerprint density at radius 2 is 1.26 bits per heavy atom. The van der Waals surface area contributed by atoms with Crippen molar-refractivity contribution in [1.29, 1.82) is 0 Å². The third-order valence-electron chi connectivity index (χ3n) is 14.2. The molecule has 0 aromatic heterocycles. The molecular formula is C39H71F2NO26. The molecule has 2 aliphatic heterocycles. The van der Waals surface area contributed by atoms with Crippen LogP contribution in [0.3, 0.4) is 0 Å². The Bertz CT molecular complexity index is 1540. The Labute approximate surface area is 387 Å². The Hall–Kier alpha value is -1.22. The average molecular weight is 1010 g/mol. The number of aliphatic hydroxyl groups excluding tert-OH is 19. The summed E-state index contributed by atoms with van der Waals surface area (Å²) in [6.07, 6.45) is -41.2. The number of hydrogen-bond donors (Lipinski definition) is 22. The maximum Gasteiger partial charge on any atom is 0.262 e. The second kappa shape index (κ2) is 24.2. The van der Waals surface area contributed by atoms with Gasteiger partial charge in [0.25, 0.3) is 5.92 Å². The highest BCUT2D eigenvalue weighted by Gasteiger charge is 2.69. The van der Waals surface area contributed by atoms with Gasteiger partial charge in [0.2, 0.25) is 5.79 Å². The van der Waals surface area contributed by atoms with E-state index in [1.54, 1.807) is 0 Å². The van der Waals surface area contributed by atoms with Gasteiger partial charge in [-0.1, -0.05) is 0 Å². The van der Waals surface area contributed by atoms with Crippen LogP contribution in [0.2, 0.25) is 0 Å². The summed E-state index contributed by atoms with van der Waals surface area (Å²) in [6, 6.07) is 0. The highest BCUT2D eigenvalue weighted by Crippen LogP contribution is 2.51. The first-order valence-electron chi connectivity index (χ1n) is 22.1. The van der Waals surface area contributed by atoms with Gasteiger partial charge in [-0.05, 0) is 19.8 Å². The van der Waals surface area contributed by atoms with Gasteiger partial charge in [-0.15, -0.1) is 0 Å². The molecule has 2 saturated heterocycles. The maximum atomic E-state index is 13.6. The average Bonchev–Trinajstić information content (AvgIpc) is 3.65. The van der Waals surface area contributed by atoms with E-state index in [-0.39, 0.29) is 0 Å². The molecule has 4 fully saturated rings. The van der Waals surface area contributed by atoms with Gasteiger partial charge in [0, 0.05) is 43.3 Å². The molecule has 0 spiro atoms. The fourth-order valence-electron chi connectivity index (χ4n) is 10.1. The van der Waals surface area contributed by atoms with Crippen LogP contribution < -0.4 is 5.73 Å². The summed E-state index contributed by atoms with van der Waals surface area (Å²) in [5.41, 5.74) is 5.00. The third kappa shape index (κ3) is 11.6. The van der Waals surface area contributed by atoms with Crippen molar-refractivity contribution in [3.63, 3.8) is 0 Å². The smallest absolute Gasteiger partial charge is 0.262 e. The number of hydrogen-bond acceptors (Lipinski definition) is 27. The molecule has 27 nitrogen and oxygen atoms in total. The fourth-order valence-corrected chi connectivity index (χ4v) is 10.1. The van der Waals surface area contributed by atoms with E-state index in [0.29, 0.717) is 0 Å². The summed E-state index contributed by atoms with van der Waals surface area (Å²) in [5, 5.41) is 227. The van der Waals surface area contributed by atoms with Gasteiger partial charge >= 0.3 is 0 Å². The molecule has 2 aliphatic carbocycles. The van der Waals surface area contributed by atoms with E-state index in [1.807, 2.05) is 0 Å². The lowest BCUT2D eigenvalue weighted by Gasteiger charge is -2.58. The van der Waals surface area contributed by atoms with Crippen LogP contribution in [0.5, 0.6) is 0 Å². The van der Waals surface area contributed by atoms with Crippen LogP contribution in [0.1, 0.15) is 26.2 Å². The van der Waals surface area contributed by atoms with Crippen molar-refractivity contribution in [3.05, 3.63) is 0 Å². The van der Waals surface area contributed by atoms with Gasteiger partial charge < -0.3 is 137 Å². The second-order valence-electron chi connectivity index (χ2n) is 18.2. The molecule has 27 atom stereocenters. The summed E-state index contributed by atoms with van der Waals surface area (Å²) in [7, 11) is 0. The topological polar surface area (TPSA) is 497 Å². The molecule has 4 aliphatic rings. The van der Waals surface area contributed by atoms with Crippen LogP contribution in [0.15, 0.2) is 0 Å². The van der Waals surface area contributed by atoms with E-state index in [1.165, 1.54) is 0 Å². The van der Waals surface area contributed by atoms with Crippen molar-refractivity contribution in [1.82, 2.24) is 0 Å². The molecule has 4 rings (SSSR count). The predicted octanol–water partition coefficient (Wildman–Crippen LogP) is -11.0. The van der Waals surface area contributed by atoms with Crippen molar-refractivity contribution in [2.45, 2.75) is 154 Å². The van der Waals surface area contributed by atoms with Crippen LogP contribution in [0.25, 0.3) is 0 Å². The Kier molecular flexibility index (Phi) is 21.1. The van der Waals surface area contributed by atoms with Gasteiger partial charge in [0.05, 0.1) is 112 Å². The lowest BCUT2D eigenvalue weighted by molar-refractivity contribution is -0.438. The first-order valence-corrected chi connectivity index (χ1v) is 22.1. The van der Waals surface area contributed by atoms with Crippen LogP contribution in [-0.2, 0) is 23.7 Å². The van der Waals surface area contributed by atoms with E-state index in [2.05, 4.69) is 0 Å². The molecular weight excluding hydrogens is 936 g/mol. The van der Waals surface area contributed by atoms with E-state index in [0.717, 1.165) is 6.92 Å². The maximum absolute atomic E-state index is 13.6. The van der Waals surface area contributed by atoms with Crippen LogP contribution in [-0.4, -0.2) is 281 Å². The minimum Gasteiger partial charge on any atom is -0.396 e. The van der Waals surface area contributed by atoms with Crippen molar-refractivity contribution in [3.8, 4) is 0 Å². The summed E-state index contributed by atoms with van der Waals surface area (Å²) >= 11 is 0. The van der Waals surface area contributed by atoms with Crippen molar-refractivity contribution in [2.24, 2.45) is 47.2 Å². The molecule has 17 unspecified atom stereocenters. The number of rotatable bonds is 26. The number of aliphatic hydroxyl groups is 21. The molecule has 68 heavy (non-hydrogen) atoms. The molecule has 0 amide bonds. The first kappa shape index (κ1) is 59.3. The molecule has 29 heteroatoms. The lowest BCUT2D eigenvalue weighted by Crippen LogP contribution is -2.75. The van der Waals surface area contributed by atoms with E-state index >= 15 is 0 Å². The number of ether oxygens (including phenoxy) is 5. The minimum atomic E-state index is -3.37. The van der Waals surface area contributed by atoms with Crippen molar-refractivity contribution in [2.75, 3.05) is 46.2 Å². The predicted molar refractivity (Wildman–Crippen MR) is 213 cm³/mol. The molecule has 0 bridgehead atoms. The van der Waals surface area contributed by atoms with Gasteiger partial charge in [0.15, 0.2) is 24.7 Å². The third-order valence-corrected chi connectivity index (χ3v) is 14.2. The van der Waals surface area contributed by atoms with Crippen LogP contribution in [0, 0.1) is 41.4 Å². The molecule has 0 aromatic rings. The molecule has 0 aromatic carbocycles. The number of halogens is 2. The second-order valence-corrected chi connectivity index (χ2v) is 18.2. The van der Waals surface area contributed by atoms with Crippen molar-refractivity contribution >= 4 is 0 Å². The minimum absolute atomic E-state index is 0.603. The Balaban J connectivity index is 1.59. The van der Waals surface area contributed by atoms with Gasteiger partial charge in [-0.3, -0.25) is 0 Å². The molecule has 23 N–H and O–H groups in total. The molecule has 2 heterocycles. The molecule has 2 saturated carbocycles.